The highest BCUT2D eigenvalue weighted by molar-refractivity contribution is 5.58. The molecule has 14 heavy (non-hydrogen) atoms. The van der Waals surface area contributed by atoms with Gasteiger partial charge in [0.1, 0.15) is 12.1 Å². The average molecular weight is 189 g/mol. The molecule has 2 aromatic heterocycles. The maximum atomic E-state index is 5.63. The molecule has 0 unspecified atom stereocenters. The number of nitrogens with two attached hydrogens (primary N) is 1. The first kappa shape index (κ1) is 8.68. The molecule has 5 nitrogen and oxygen atoms in total. The van der Waals surface area contributed by atoms with Crippen LogP contribution in [0.15, 0.2) is 18.6 Å². The van der Waals surface area contributed by atoms with Crippen molar-refractivity contribution >= 4 is 5.82 Å². The van der Waals surface area contributed by atoms with E-state index in [1.165, 1.54) is 0 Å². The first-order chi connectivity index (χ1) is 6.68. The molecule has 0 aromatic carbocycles. The Balaban J connectivity index is 2.53. The van der Waals surface area contributed by atoms with Crippen molar-refractivity contribution in [2.45, 2.75) is 6.92 Å². The van der Waals surface area contributed by atoms with Gasteiger partial charge in [0.25, 0.3) is 0 Å². The molecule has 0 atom stereocenters. The number of nitrogens with zero attached hydrogens (tertiary/aromatic N) is 4. The maximum Gasteiger partial charge on any atom is 0.165 e. The van der Waals surface area contributed by atoms with E-state index in [-0.39, 0.29) is 0 Å². The van der Waals surface area contributed by atoms with Crippen LogP contribution in [0.4, 0.5) is 5.82 Å². The normalized spacial score (nSPS) is 10.4. The summed E-state index contributed by atoms with van der Waals surface area (Å²) in [7, 11) is 1.89. The van der Waals surface area contributed by atoms with Crippen LogP contribution in [0.5, 0.6) is 0 Å². The van der Waals surface area contributed by atoms with Crippen molar-refractivity contribution < 1.29 is 0 Å². The number of nitrogen functional groups attached to an aromatic ring is 1. The van der Waals surface area contributed by atoms with Crippen molar-refractivity contribution in [2.75, 3.05) is 5.73 Å². The Bertz CT molecular complexity index is 460. The summed E-state index contributed by atoms with van der Waals surface area (Å²) in [6, 6.07) is 1.95. The Hall–Kier alpha value is -1.91. The van der Waals surface area contributed by atoms with Gasteiger partial charge in [-0.05, 0) is 18.6 Å². The van der Waals surface area contributed by atoms with Crippen LogP contribution in [0.2, 0.25) is 0 Å². The quantitative estimate of drug-likeness (QED) is 0.719. The summed E-state index contributed by atoms with van der Waals surface area (Å²) < 4.78 is 1.84. The van der Waals surface area contributed by atoms with Gasteiger partial charge in [0.2, 0.25) is 0 Å². The Morgan fingerprint density at radius 3 is 2.79 bits per heavy atom. The summed E-state index contributed by atoms with van der Waals surface area (Å²) in [5, 5.41) is 7.79. The molecule has 2 N–H and O–H groups in total. The van der Waals surface area contributed by atoms with E-state index in [1.807, 2.05) is 24.6 Å². The van der Waals surface area contributed by atoms with Crippen molar-refractivity contribution in [1.29, 1.82) is 0 Å². The van der Waals surface area contributed by atoms with Crippen molar-refractivity contribution in [3.8, 4) is 11.4 Å². The monoisotopic (exact) mass is 189 g/mol. The number of aromatic nitrogens is 4. The lowest BCUT2D eigenvalue weighted by atomic mass is 10.2. The lowest BCUT2D eigenvalue weighted by molar-refractivity contribution is 0.918. The van der Waals surface area contributed by atoms with Crippen LogP contribution in [0.3, 0.4) is 0 Å². The topological polar surface area (TPSA) is 69.6 Å². The molecule has 0 radical (unpaired) electrons. The SMILES string of the molecule is Cc1cc(-c2nncn2C)cnc1N. The highest BCUT2D eigenvalue weighted by Gasteiger charge is 2.05. The Morgan fingerprint density at radius 1 is 1.43 bits per heavy atom. The molecule has 0 aliphatic rings. The number of rotatable bonds is 1. The molecular formula is C9H11N5. The van der Waals surface area contributed by atoms with Gasteiger partial charge in [-0.2, -0.15) is 0 Å². The zero-order valence-corrected chi connectivity index (χ0v) is 8.10. The van der Waals surface area contributed by atoms with E-state index >= 15 is 0 Å². The average Bonchev–Trinajstić information content (AvgIpc) is 2.57. The van der Waals surface area contributed by atoms with E-state index in [2.05, 4.69) is 15.2 Å². The highest BCUT2D eigenvalue weighted by atomic mass is 15.2. The zero-order valence-electron chi connectivity index (χ0n) is 8.10. The van der Waals surface area contributed by atoms with Crippen molar-refractivity contribution in [3.05, 3.63) is 24.2 Å². The minimum Gasteiger partial charge on any atom is -0.383 e. The van der Waals surface area contributed by atoms with E-state index < -0.39 is 0 Å². The molecule has 2 aromatic rings. The number of anilines is 1. The molecule has 5 heteroatoms. The molecule has 0 amide bonds. The van der Waals surface area contributed by atoms with Crippen LogP contribution in [-0.4, -0.2) is 19.7 Å². The fourth-order valence-corrected chi connectivity index (χ4v) is 1.25. The molecule has 0 aliphatic carbocycles. The first-order valence-corrected chi connectivity index (χ1v) is 4.25. The molecule has 2 heterocycles. The zero-order chi connectivity index (χ0) is 10.1. The second-order valence-corrected chi connectivity index (χ2v) is 3.19. The largest absolute Gasteiger partial charge is 0.383 e. The molecule has 2 rings (SSSR count). The van der Waals surface area contributed by atoms with Gasteiger partial charge in [0.05, 0.1) is 0 Å². The Labute approximate surface area is 81.6 Å². The van der Waals surface area contributed by atoms with E-state index in [1.54, 1.807) is 12.5 Å². The van der Waals surface area contributed by atoms with Crippen LogP contribution in [0.1, 0.15) is 5.56 Å². The van der Waals surface area contributed by atoms with E-state index in [0.29, 0.717) is 5.82 Å². The minimum atomic E-state index is 0.552. The van der Waals surface area contributed by atoms with Crippen LogP contribution in [0, 0.1) is 6.92 Å². The van der Waals surface area contributed by atoms with E-state index in [4.69, 9.17) is 5.73 Å². The predicted molar refractivity (Wildman–Crippen MR) is 53.4 cm³/mol. The third-order valence-electron chi connectivity index (χ3n) is 2.09. The lowest BCUT2D eigenvalue weighted by Gasteiger charge is -2.02. The Morgan fingerprint density at radius 2 is 2.21 bits per heavy atom. The molecule has 72 valence electrons. The van der Waals surface area contributed by atoms with Gasteiger partial charge < -0.3 is 10.3 Å². The van der Waals surface area contributed by atoms with Gasteiger partial charge in [-0.3, -0.25) is 0 Å². The maximum absolute atomic E-state index is 5.63. The minimum absolute atomic E-state index is 0.552. The molecule has 0 bridgehead atoms. The fraction of sp³-hybridized carbons (Fsp3) is 0.222. The summed E-state index contributed by atoms with van der Waals surface area (Å²) in [6.07, 6.45) is 3.35. The second-order valence-electron chi connectivity index (χ2n) is 3.19. The van der Waals surface area contributed by atoms with Gasteiger partial charge >= 0.3 is 0 Å². The van der Waals surface area contributed by atoms with Crippen LogP contribution < -0.4 is 5.73 Å². The number of hydrogen-bond acceptors (Lipinski definition) is 4. The molecule has 0 spiro atoms. The smallest absolute Gasteiger partial charge is 0.165 e. The van der Waals surface area contributed by atoms with Crippen LogP contribution in [0.25, 0.3) is 11.4 Å². The van der Waals surface area contributed by atoms with Crippen molar-refractivity contribution in [2.24, 2.45) is 7.05 Å². The van der Waals surface area contributed by atoms with Gasteiger partial charge in [0.15, 0.2) is 5.82 Å². The van der Waals surface area contributed by atoms with Gasteiger partial charge in [-0.25, -0.2) is 4.98 Å². The molecule has 0 fully saturated rings. The van der Waals surface area contributed by atoms with Crippen molar-refractivity contribution in [3.63, 3.8) is 0 Å². The van der Waals surface area contributed by atoms with Gasteiger partial charge in [0, 0.05) is 18.8 Å². The summed E-state index contributed by atoms with van der Waals surface area (Å²) in [6.45, 7) is 1.92. The lowest BCUT2D eigenvalue weighted by Crippen LogP contribution is -1.97. The highest BCUT2D eigenvalue weighted by Crippen LogP contribution is 2.18. The summed E-state index contributed by atoms with van der Waals surface area (Å²) in [4.78, 5) is 4.07. The Kier molecular flexibility index (Phi) is 1.92. The van der Waals surface area contributed by atoms with Crippen LogP contribution >= 0.6 is 0 Å². The number of pyridine rings is 1. The van der Waals surface area contributed by atoms with Crippen LogP contribution in [-0.2, 0) is 7.05 Å². The van der Waals surface area contributed by atoms with Gasteiger partial charge in [-0.1, -0.05) is 0 Å². The summed E-state index contributed by atoms with van der Waals surface area (Å²) in [5.41, 5.74) is 7.50. The summed E-state index contributed by atoms with van der Waals surface area (Å²) >= 11 is 0. The molecule has 0 aliphatic heterocycles. The molecule has 0 saturated heterocycles. The number of hydrogen-bond donors (Lipinski definition) is 1. The predicted octanol–water partition coefficient (Wildman–Crippen LogP) is 0.768. The first-order valence-electron chi connectivity index (χ1n) is 4.25. The van der Waals surface area contributed by atoms with Gasteiger partial charge in [-0.15, -0.1) is 10.2 Å². The third-order valence-corrected chi connectivity index (χ3v) is 2.09. The second kappa shape index (κ2) is 3.10. The molecule has 0 saturated carbocycles. The van der Waals surface area contributed by atoms with E-state index in [0.717, 1.165) is 17.0 Å². The third kappa shape index (κ3) is 1.32. The van der Waals surface area contributed by atoms with Crippen molar-refractivity contribution in [1.82, 2.24) is 19.7 Å². The summed E-state index contributed by atoms with van der Waals surface area (Å²) in [5.74, 6) is 1.34. The number of aryl methyl sites for hydroxylation is 2. The molecular weight excluding hydrogens is 178 g/mol. The fourth-order valence-electron chi connectivity index (χ4n) is 1.25. The van der Waals surface area contributed by atoms with E-state index in [9.17, 15) is 0 Å². The standard InChI is InChI=1S/C9H11N5/c1-6-3-7(4-11-8(6)10)9-13-12-5-14(9)2/h3-5H,1-2H3,(H2,10,11).